The van der Waals surface area contributed by atoms with Crippen LogP contribution in [0.5, 0.6) is 0 Å². The zero-order valence-electron chi connectivity index (χ0n) is 8.37. The van der Waals surface area contributed by atoms with Gasteiger partial charge in [-0.2, -0.15) is 0 Å². The zero-order chi connectivity index (χ0) is 11.1. The third-order valence-corrected chi connectivity index (χ3v) is 2.79. The van der Waals surface area contributed by atoms with E-state index in [0.717, 1.165) is 17.6 Å². The SMILES string of the molecule is O=C(O)CCCNCc1ccccc1Br. The summed E-state index contributed by atoms with van der Waals surface area (Å²) in [5.74, 6) is -0.738. The van der Waals surface area contributed by atoms with E-state index in [-0.39, 0.29) is 6.42 Å². The van der Waals surface area contributed by atoms with E-state index in [2.05, 4.69) is 21.2 Å². The van der Waals surface area contributed by atoms with Crippen LogP contribution in [0.1, 0.15) is 18.4 Å². The van der Waals surface area contributed by atoms with Crippen molar-refractivity contribution in [2.24, 2.45) is 0 Å². The van der Waals surface area contributed by atoms with Gasteiger partial charge in [0.2, 0.25) is 0 Å². The minimum absolute atomic E-state index is 0.225. The molecule has 0 spiro atoms. The van der Waals surface area contributed by atoms with Gasteiger partial charge in [-0.3, -0.25) is 4.79 Å². The van der Waals surface area contributed by atoms with Crippen LogP contribution in [0.2, 0.25) is 0 Å². The van der Waals surface area contributed by atoms with Gasteiger partial charge >= 0.3 is 5.97 Å². The number of benzene rings is 1. The Balaban J connectivity index is 2.21. The van der Waals surface area contributed by atoms with E-state index in [1.54, 1.807) is 0 Å². The summed E-state index contributed by atoms with van der Waals surface area (Å²) in [6, 6.07) is 7.99. The molecule has 0 amide bonds. The molecule has 1 aromatic rings. The van der Waals surface area contributed by atoms with Crippen molar-refractivity contribution in [1.29, 1.82) is 0 Å². The minimum atomic E-state index is -0.738. The molecule has 4 heteroatoms. The van der Waals surface area contributed by atoms with Gasteiger partial charge in [0.15, 0.2) is 0 Å². The van der Waals surface area contributed by atoms with Gasteiger partial charge in [0.25, 0.3) is 0 Å². The Labute approximate surface area is 97.6 Å². The quantitative estimate of drug-likeness (QED) is 0.782. The van der Waals surface area contributed by atoms with Crippen LogP contribution in [0, 0.1) is 0 Å². The van der Waals surface area contributed by atoms with Crippen LogP contribution in [-0.2, 0) is 11.3 Å². The number of aliphatic carboxylic acids is 1. The third kappa shape index (κ3) is 4.95. The molecule has 0 aromatic heterocycles. The van der Waals surface area contributed by atoms with Crippen LogP contribution >= 0.6 is 15.9 Å². The molecule has 0 aliphatic rings. The molecule has 3 nitrogen and oxygen atoms in total. The van der Waals surface area contributed by atoms with Crippen molar-refractivity contribution in [1.82, 2.24) is 5.32 Å². The fourth-order valence-electron chi connectivity index (χ4n) is 1.23. The van der Waals surface area contributed by atoms with Gasteiger partial charge in [-0.15, -0.1) is 0 Å². The van der Waals surface area contributed by atoms with Crippen molar-refractivity contribution in [2.45, 2.75) is 19.4 Å². The number of hydrogen-bond donors (Lipinski definition) is 2. The number of rotatable bonds is 6. The monoisotopic (exact) mass is 271 g/mol. The highest BCUT2D eigenvalue weighted by Crippen LogP contribution is 2.15. The third-order valence-electron chi connectivity index (χ3n) is 2.02. The summed E-state index contributed by atoms with van der Waals surface area (Å²) in [5, 5.41) is 11.6. The molecule has 0 fully saturated rings. The molecule has 0 aliphatic heterocycles. The highest BCUT2D eigenvalue weighted by atomic mass is 79.9. The smallest absolute Gasteiger partial charge is 0.303 e. The van der Waals surface area contributed by atoms with Gasteiger partial charge in [0, 0.05) is 17.4 Å². The molecule has 0 bridgehead atoms. The highest BCUT2D eigenvalue weighted by molar-refractivity contribution is 9.10. The van der Waals surface area contributed by atoms with Gasteiger partial charge in [-0.1, -0.05) is 34.1 Å². The largest absolute Gasteiger partial charge is 0.481 e. The van der Waals surface area contributed by atoms with E-state index >= 15 is 0 Å². The van der Waals surface area contributed by atoms with Crippen molar-refractivity contribution >= 4 is 21.9 Å². The molecule has 0 unspecified atom stereocenters. The number of hydrogen-bond acceptors (Lipinski definition) is 2. The normalized spacial score (nSPS) is 10.2. The molecule has 0 atom stereocenters. The van der Waals surface area contributed by atoms with E-state index < -0.39 is 5.97 Å². The maximum absolute atomic E-state index is 10.3. The molecule has 0 saturated heterocycles. The van der Waals surface area contributed by atoms with Crippen LogP contribution in [-0.4, -0.2) is 17.6 Å². The minimum Gasteiger partial charge on any atom is -0.481 e. The van der Waals surface area contributed by atoms with E-state index in [1.807, 2.05) is 24.3 Å². The van der Waals surface area contributed by atoms with Crippen LogP contribution in [0.15, 0.2) is 28.7 Å². The molecule has 1 rings (SSSR count). The highest BCUT2D eigenvalue weighted by Gasteiger charge is 1.98. The molecule has 0 aliphatic carbocycles. The Morgan fingerprint density at radius 2 is 2.13 bits per heavy atom. The Morgan fingerprint density at radius 3 is 2.80 bits per heavy atom. The standard InChI is InChI=1S/C11H14BrNO2/c12-10-5-2-1-4-9(10)8-13-7-3-6-11(14)15/h1-2,4-5,13H,3,6-8H2,(H,14,15). The molecule has 0 radical (unpaired) electrons. The van der Waals surface area contributed by atoms with Crippen LogP contribution in [0.25, 0.3) is 0 Å². The lowest BCUT2D eigenvalue weighted by Crippen LogP contribution is -2.15. The number of carbonyl (C=O) groups is 1. The molecule has 2 N–H and O–H groups in total. The van der Waals surface area contributed by atoms with Gasteiger partial charge < -0.3 is 10.4 Å². The maximum Gasteiger partial charge on any atom is 0.303 e. The van der Waals surface area contributed by atoms with E-state index in [4.69, 9.17) is 5.11 Å². The first-order valence-corrected chi connectivity index (χ1v) is 5.65. The number of carboxylic acid groups (broad SMARTS) is 1. The van der Waals surface area contributed by atoms with Crippen molar-refractivity contribution in [3.8, 4) is 0 Å². The summed E-state index contributed by atoms with van der Waals surface area (Å²) in [4.78, 5) is 10.3. The predicted octanol–water partition coefficient (Wildman–Crippen LogP) is 2.40. The summed E-state index contributed by atoms with van der Waals surface area (Å²) in [5.41, 5.74) is 1.19. The Kier molecular flexibility index (Phi) is 5.36. The summed E-state index contributed by atoms with van der Waals surface area (Å²) in [7, 11) is 0. The topological polar surface area (TPSA) is 49.3 Å². The maximum atomic E-state index is 10.3. The van der Waals surface area contributed by atoms with Crippen molar-refractivity contribution in [3.05, 3.63) is 34.3 Å². The molecule has 0 heterocycles. The summed E-state index contributed by atoms with van der Waals surface area (Å²) < 4.78 is 1.08. The molecular formula is C11H14BrNO2. The Morgan fingerprint density at radius 1 is 1.40 bits per heavy atom. The molecule has 82 valence electrons. The van der Waals surface area contributed by atoms with Crippen LogP contribution < -0.4 is 5.32 Å². The fraction of sp³-hybridized carbons (Fsp3) is 0.364. The average Bonchev–Trinajstić information content (AvgIpc) is 2.20. The number of halogens is 1. The van der Waals surface area contributed by atoms with Gasteiger partial charge in [0.05, 0.1) is 0 Å². The molecule has 0 saturated carbocycles. The second-order valence-corrected chi connectivity index (χ2v) is 4.12. The average molecular weight is 272 g/mol. The predicted molar refractivity (Wildman–Crippen MR) is 62.7 cm³/mol. The van der Waals surface area contributed by atoms with Crippen molar-refractivity contribution < 1.29 is 9.90 Å². The molecule has 15 heavy (non-hydrogen) atoms. The lowest BCUT2D eigenvalue weighted by Gasteiger charge is -2.05. The van der Waals surface area contributed by atoms with Crippen LogP contribution in [0.4, 0.5) is 0 Å². The number of carboxylic acids is 1. The first-order valence-electron chi connectivity index (χ1n) is 4.86. The molecular weight excluding hydrogens is 258 g/mol. The van der Waals surface area contributed by atoms with E-state index in [1.165, 1.54) is 5.56 Å². The first-order chi connectivity index (χ1) is 7.20. The Hall–Kier alpha value is -0.870. The van der Waals surface area contributed by atoms with Gasteiger partial charge in [-0.05, 0) is 24.6 Å². The van der Waals surface area contributed by atoms with Gasteiger partial charge in [-0.25, -0.2) is 0 Å². The second-order valence-electron chi connectivity index (χ2n) is 3.27. The van der Waals surface area contributed by atoms with Crippen molar-refractivity contribution in [2.75, 3.05) is 6.54 Å². The second kappa shape index (κ2) is 6.58. The molecule has 1 aromatic carbocycles. The Bertz CT molecular complexity index is 328. The number of nitrogens with one attached hydrogen (secondary N) is 1. The summed E-state index contributed by atoms with van der Waals surface area (Å²) in [6.07, 6.45) is 0.892. The van der Waals surface area contributed by atoms with E-state index in [0.29, 0.717) is 6.42 Å². The fourth-order valence-corrected chi connectivity index (χ4v) is 1.65. The summed E-state index contributed by atoms with van der Waals surface area (Å²) >= 11 is 3.45. The van der Waals surface area contributed by atoms with Crippen molar-refractivity contribution in [3.63, 3.8) is 0 Å². The summed E-state index contributed by atoms with van der Waals surface area (Å²) in [6.45, 7) is 1.49. The lowest BCUT2D eigenvalue weighted by atomic mass is 10.2. The van der Waals surface area contributed by atoms with E-state index in [9.17, 15) is 4.79 Å². The lowest BCUT2D eigenvalue weighted by molar-refractivity contribution is -0.137. The van der Waals surface area contributed by atoms with Gasteiger partial charge in [0.1, 0.15) is 0 Å². The first kappa shape index (κ1) is 12.2. The van der Waals surface area contributed by atoms with Crippen LogP contribution in [0.3, 0.4) is 0 Å². The zero-order valence-corrected chi connectivity index (χ0v) is 9.96.